The van der Waals surface area contributed by atoms with E-state index in [9.17, 15) is 9.59 Å². The molecule has 2 bridgehead atoms. The Morgan fingerprint density at radius 1 is 1.32 bits per heavy atom. The number of amides is 2. The van der Waals surface area contributed by atoms with E-state index in [1.54, 1.807) is 6.08 Å². The van der Waals surface area contributed by atoms with Gasteiger partial charge in [0.25, 0.3) is 5.91 Å². The molecule has 2 aliphatic rings. The largest absolute Gasteiger partial charge is 0.348 e. The first-order valence-electron chi connectivity index (χ1n) is 8.95. The lowest BCUT2D eigenvalue weighted by Crippen LogP contribution is -2.52. The lowest BCUT2D eigenvalue weighted by molar-refractivity contribution is -0.130. The van der Waals surface area contributed by atoms with E-state index < -0.39 is 0 Å². The van der Waals surface area contributed by atoms with Gasteiger partial charge >= 0.3 is 0 Å². The van der Waals surface area contributed by atoms with Gasteiger partial charge in [-0.25, -0.2) is 0 Å². The minimum Gasteiger partial charge on any atom is -0.348 e. The van der Waals surface area contributed by atoms with E-state index in [1.807, 2.05) is 49.0 Å². The van der Waals surface area contributed by atoms with Gasteiger partial charge in [0, 0.05) is 37.1 Å². The van der Waals surface area contributed by atoms with Crippen molar-refractivity contribution in [1.29, 1.82) is 0 Å². The number of carbonyl (C=O) groups is 2. The summed E-state index contributed by atoms with van der Waals surface area (Å²) >= 11 is 1.53. The molecular formula is C19H29N3O2S. The maximum Gasteiger partial charge on any atom is 0.261 e. The Hall–Kier alpha value is -1.66. The Morgan fingerprint density at radius 3 is 2.56 bits per heavy atom. The second-order valence-corrected chi connectivity index (χ2v) is 8.64. The molecule has 5 nitrogen and oxygen atoms in total. The molecule has 2 fully saturated rings. The predicted molar refractivity (Wildman–Crippen MR) is 103 cm³/mol. The summed E-state index contributed by atoms with van der Waals surface area (Å²) in [6.07, 6.45) is 7.44. The van der Waals surface area contributed by atoms with Crippen LogP contribution >= 0.6 is 11.3 Å². The third-order valence-corrected chi connectivity index (χ3v) is 6.02. The Kier molecular flexibility index (Phi) is 5.59. The van der Waals surface area contributed by atoms with Crippen molar-refractivity contribution in [3.63, 3.8) is 0 Å². The summed E-state index contributed by atoms with van der Waals surface area (Å²) in [5, 5.41) is 3.18. The van der Waals surface area contributed by atoms with Gasteiger partial charge in [-0.3, -0.25) is 9.59 Å². The van der Waals surface area contributed by atoms with Gasteiger partial charge in [-0.2, -0.15) is 0 Å². The van der Waals surface area contributed by atoms with Gasteiger partial charge < -0.3 is 15.1 Å². The highest BCUT2D eigenvalue weighted by Crippen LogP contribution is 2.36. The van der Waals surface area contributed by atoms with Crippen molar-refractivity contribution in [1.82, 2.24) is 15.1 Å². The van der Waals surface area contributed by atoms with Gasteiger partial charge in [0.2, 0.25) is 5.91 Å². The third kappa shape index (κ3) is 4.30. The number of hydrogen-bond donors (Lipinski definition) is 1. The van der Waals surface area contributed by atoms with Crippen LogP contribution in [-0.4, -0.2) is 60.4 Å². The lowest BCUT2D eigenvalue weighted by atomic mass is 9.97. The van der Waals surface area contributed by atoms with E-state index in [0.717, 1.165) is 42.0 Å². The van der Waals surface area contributed by atoms with Crippen molar-refractivity contribution in [2.45, 2.75) is 50.7 Å². The first-order valence-corrected chi connectivity index (χ1v) is 9.76. The number of hydrogen-bond acceptors (Lipinski definition) is 4. The average molecular weight is 364 g/mol. The van der Waals surface area contributed by atoms with Crippen molar-refractivity contribution in [2.24, 2.45) is 0 Å². The SMILES string of the molecule is Cc1ccc(C(=O)NC2CC3CCC(C2)N3C(=O)/C=C/CN(C)C)s1.[HH]. The summed E-state index contributed by atoms with van der Waals surface area (Å²) in [5.74, 6) is 0.140. The molecule has 138 valence electrons. The van der Waals surface area contributed by atoms with Crippen LogP contribution in [0, 0.1) is 6.92 Å². The van der Waals surface area contributed by atoms with Crippen molar-refractivity contribution in [2.75, 3.05) is 20.6 Å². The molecule has 2 amide bonds. The van der Waals surface area contributed by atoms with Crippen LogP contribution in [0.5, 0.6) is 0 Å². The first-order chi connectivity index (χ1) is 11.9. The lowest BCUT2D eigenvalue weighted by Gasteiger charge is -2.38. The van der Waals surface area contributed by atoms with E-state index >= 15 is 0 Å². The summed E-state index contributed by atoms with van der Waals surface area (Å²) in [6, 6.07) is 4.54. The molecule has 3 heterocycles. The molecule has 2 aliphatic heterocycles. The monoisotopic (exact) mass is 363 g/mol. The van der Waals surface area contributed by atoms with Crippen LogP contribution in [0.15, 0.2) is 24.3 Å². The van der Waals surface area contributed by atoms with Crippen molar-refractivity contribution >= 4 is 23.2 Å². The van der Waals surface area contributed by atoms with Crippen LogP contribution in [0.2, 0.25) is 0 Å². The molecule has 0 spiro atoms. The maximum atomic E-state index is 12.5. The van der Waals surface area contributed by atoms with Crippen LogP contribution < -0.4 is 5.32 Å². The quantitative estimate of drug-likeness (QED) is 0.819. The minimum atomic E-state index is 0. The van der Waals surface area contributed by atoms with Crippen molar-refractivity contribution in [3.05, 3.63) is 34.0 Å². The summed E-state index contributed by atoms with van der Waals surface area (Å²) in [4.78, 5) is 30.9. The number of rotatable bonds is 5. The Labute approximate surface area is 155 Å². The highest BCUT2D eigenvalue weighted by atomic mass is 32.1. The molecular weight excluding hydrogens is 334 g/mol. The highest BCUT2D eigenvalue weighted by Gasteiger charge is 2.42. The number of nitrogens with zero attached hydrogens (tertiary/aromatic N) is 2. The third-order valence-electron chi connectivity index (χ3n) is 5.02. The van der Waals surface area contributed by atoms with E-state index in [2.05, 4.69) is 5.32 Å². The zero-order valence-corrected chi connectivity index (χ0v) is 16.0. The van der Waals surface area contributed by atoms with Crippen LogP contribution in [0.25, 0.3) is 0 Å². The molecule has 0 saturated carbocycles. The molecule has 1 N–H and O–H groups in total. The first kappa shape index (κ1) is 18.1. The Balaban J connectivity index is 0.00000243. The summed E-state index contributed by atoms with van der Waals surface area (Å²) in [5.41, 5.74) is 0. The van der Waals surface area contributed by atoms with Gasteiger partial charge in [0.15, 0.2) is 0 Å². The predicted octanol–water partition coefficient (Wildman–Crippen LogP) is 2.67. The fraction of sp³-hybridized carbons (Fsp3) is 0.579. The topological polar surface area (TPSA) is 52.7 Å². The molecule has 1 aromatic rings. The maximum absolute atomic E-state index is 12.5. The summed E-state index contributed by atoms with van der Waals surface area (Å²) in [7, 11) is 3.98. The smallest absolute Gasteiger partial charge is 0.261 e. The molecule has 25 heavy (non-hydrogen) atoms. The minimum absolute atomic E-state index is 0. The molecule has 3 rings (SSSR count). The molecule has 0 aliphatic carbocycles. The number of carbonyl (C=O) groups excluding carboxylic acids is 2. The van der Waals surface area contributed by atoms with Crippen molar-refractivity contribution < 1.29 is 11.0 Å². The van der Waals surface area contributed by atoms with Gasteiger partial charge in [-0.15, -0.1) is 11.3 Å². The number of likely N-dealkylation sites (N-methyl/N-ethyl adjacent to an activating group) is 1. The second kappa shape index (κ2) is 7.70. The molecule has 6 heteroatoms. The van der Waals surface area contributed by atoms with Crippen molar-refractivity contribution in [3.8, 4) is 0 Å². The van der Waals surface area contributed by atoms with Gasteiger partial charge in [0.1, 0.15) is 0 Å². The number of aryl methyl sites for hydroxylation is 1. The van der Waals surface area contributed by atoms with Crippen LogP contribution in [-0.2, 0) is 4.79 Å². The zero-order valence-electron chi connectivity index (χ0n) is 15.2. The number of piperidine rings is 1. The molecule has 2 unspecified atom stereocenters. The molecule has 1 aromatic heterocycles. The summed E-state index contributed by atoms with van der Waals surface area (Å²) in [6.45, 7) is 2.78. The average Bonchev–Trinajstić information content (AvgIpc) is 3.09. The normalized spacial score (nSPS) is 25.8. The van der Waals surface area contributed by atoms with Gasteiger partial charge in [-0.05, 0) is 58.8 Å². The molecule has 0 radical (unpaired) electrons. The fourth-order valence-corrected chi connectivity index (χ4v) is 4.69. The van der Waals surface area contributed by atoms with E-state index in [-0.39, 0.29) is 31.4 Å². The number of thiophene rings is 1. The standard InChI is InChI=1S/C19H27N3O2S.H2/c1-13-6-9-17(25-13)19(24)20-14-11-15-7-8-16(12-14)22(15)18(23)5-4-10-21(2)3;/h4-6,9,14-16H,7-8,10-12H2,1-3H3,(H,20,24);1H/b5-4+;. The fourth-order valence-electron chi connectivity index (χ4n) is 3.92. The Morgan fingerprint density at radius 2 is 2.00 bits per heavy atom. The van der Waals surface area contributed by atoms with Crippen LogP contribution in [0.1, 0.15) is 41.7 Å². The molecule has 2 saturated heterocycles. The van der Waals surface area contributed by atoms with Gasteiger partial charge in [-0.1, -0.05) is 6.08 Å². The summed E-state index contributed by atoms with van der Waals surface area (Å²) < 4.78 is 0. The molecule has 2 atom stereocenters. The zero-order chi connectivity index (χ0) is 18.0. The van der Waals surface area contributed by atoms with E-state index in [1.165, 1.54) is 11.3 Å². The van der Waals surface area contributed by atoms with Crippen LogP contribution in [0.3, 0.4) is 0 Å². The second-order valence-electron chi connectivity index (χ2n) is 7.35. The number of nitrogens with one attached hydrogen (secondary N) is 1. The Bertz CT molecular complexity index is 659. The van der Waals surface area contributed by atoms with E-state index in [0.29, 0.717) is 0 Å². The van der Waals surface area contributed by atoms with Gasteiger partial charge in [0.05, 0.1) is 4.88 Å². The molecule has 0 aromatic carbocycles. The number of fused-ring (bicyclic) bond motifs is 2. The van der Waals surface area contributed by atoms with Crippen LogP contribution in [0.4, 0.5) is 0 Å². The highest BCUT2D eigenvalue weighted by molar-refractivity contribution is 7.13. The van der Waals surface area contributed by atoms with E-state index in [4.69, 9.17) is 0 Å².